The number of sulfonamides is 1. The van der Waals surface area contributed by atoms with Gasteiger partial charge >= 0.3 is 11.8 Å². The summed E-state index contributed by atoms with van der Waals surface area (Å²) >= 11 is 5.51. The van der Waals surface area contributed by atoms with Crippen molar-refractivity contribution in [3.8, 4) is 0 Å². The maximum Gasteiger partial charge on any atom is 0.324 e. The highest BCUT2D eigenvalue weighted by Gasteiger charge is 2.27. The minimum absolute atomic E-state index is 0.0271. The molecular formula is C11H11ClFN3O4S. The summed E-state index contributed by atoms with van der Waals surface area (Å²) in [7, 11) is -4.34. The largest absolute Gasteiger partial charge is 0.345 e. The lowest BCUT2D eigenvalue weighted by Crippen LogP contribution is -2.48. The van der Waals surface area contributed by atoms with Gasteiger partial charge in [-0.1, -0.05) is 11.6 Å². The normalized spacial score (nSPS) is 14.6. The summed E-state index contributed by atoms with van der Waals surface area (Å²) in [6.07, 6.45) is 1.56. The van der Waals surface area contributed by atoms with Crippen LogP contribution in [0.15, 0.2) is 23.1 Å². The number of nitrogens with one attached hydrogen (secondary N) is 3. The predicted octanol–water partition coefficient (Wildman–Crippen LogP) is 0.0672. The molecule has 2 rings (SSSR count). The molecule has 0 spiro atoms. The van der Waals surface area contributed by atoms with Crippen molar-refractivity contribution in [1.82, 2.24) is 15.6 Å². The van der Waals surface area contributed by atoms with Gasteiger partial charge in [-0.2, -0.15) is 0 Å². The van der Waals surface area contributed by atoms with Crippen molar-refractivity contribution in [2.24, 2.45) is 0 Å². The lowest BCUT2D eigenvalue weighted by Gasteiger charge is -2.09. The third-order valence-electron chi connectivity index (χ3n) is 2.60. The Hall–Kier alpha value is -1.71. The van der Waals surface area contributed by atoms with Crippen LogP contribution in [0.1, 0.15) is 12.8 Å². The summed E-state index contributed by atoms with van der Waals surface area (Å²) in [5, 5.41) is 2.40. The van der Waals surface area contributed by atoms with E-state index in [9.17, 15) is 22.4 Å². The molecule has 0 saturated heterocycles. The Kier molecular flexibility index (Phi) is 4.45. The van der Waals surface area contributed by atoms with Gasteiger partial charge in [0.05, 0.1) is 0 Å². The second-order valence-corrected chi connectivity index (χ2v) is 6.47. The zero-order valence-corrected chi connectivity index (χ0v) is 12.1. The molecule has 1 fully saturated rings. The zero-order valence-electron chi connectivity index (χ0n) is 10.5. The van der Waals surface area contributed by atoms with Crippen LogP contribution >= 0.6 is 11.6 Å². The number of amides is 2. The van der Waals surface area contributed by atoms with Crippen molar-refractivity contribution in [2.45, 2.75) is 23.8 Å². The molecule has 0 atom stereocenters. The van der Waals surface area contributed by atoms with Gasteiger partial charge in [-0.25, -0.2) is 12.8 Å². The van der Waals surface area contributed by atoms with Crippen LogP contribution in [0.4, 0.5) is 4.39 Å². The van der Waals surface area contributed by atoms with Crippen molar-refractivity contribution in [2.75, 3.05) is 0 Å². The van der Waals surface area contributed by atoms with E-state index in [0.29, 0.717) is 0 Å². The number of rotatable bonds is 4. The summed E-state index contributed by atoms with van der Waals surface area (Å²) in [5.41, 5.74) is 1.71. The average Bonchev–Trinajstić information content (AvgIpc) is 3.19. The van der Waals surface area contributed by atoms with Crippen LogP contribution in [0.25, 0.3) is 0 Å². The van der Waals surface area contributed by atoms with Crippen LogP contribution in [-0.2, 0) is 19.6 Å². The molecule has 1 aromatic rings. The summed E-state index contributed by atoms with van der Waals surface area (Å²) in [6, 6.07) is 2.89. The fraction of sp³-hybridized carbons (Fsp3) is 0.273. The molecule has 1 aliphatic rings. The van der Waals surface area contributed by atoms with Crippen LogP contribution in [0.5, 0.6) is 0 Å². The maximum absolute atomic E-state index is 13.5. The molecule has 0 bridgehead atoms. The quantitative estimate of drug-likeness (QED) is 0.535. The Morgan fingerprint density at radius 3 is 2.48 bits per heavy atom. The van der Waals surface area contributed by atoms with Gasteiger partial charge < -0.3 is 5.32 Å². The second-order valence-electron chi connectivity index (χ2n) is 4.38. The third-order valence-corrected chi connectivity index (χ3v) is 4.12. The number of halogens is 2. The molecular weight excluding hydrogens is 325 g/mol. The van der Waals surface area contributed by atoms with Crippen molar-refractivity contribution in [3.05, 3.63) is 29.0 Å². The molecule has 7 nitrogen and oxygen atoms in total. The van der Waals surface area contributed by atoms with E-state index in [2.05, 4.69) is 5.32 Å². The molecule has 0 aliphatic heterocycles. The van der Waals surface area contributed by atoms with Crippen LogP contribution in [0, 0.1) is 5.82 Å². The molecule has 1 saturated carbocycles. The van der Waals surface area contributed by atoms with Gasteiger partial charge in [-0.15, -0.1) is 4.83 Å². The molecule has 0 heterocycles. The van der Waals surface area contributed by atoms with Crippen molar-refractivity contribution in [1.29, 1.82) is 0 Å². The average molecular weight is 336 g/mol. The van der Waals surface area contributed by atoms with Gasteiger partial charge in [0.15, 0.2) is 0 Å². The number of hydrogen-bond acceptors (Lipinski definition) is 4. The topological polar surface area (TPSA) is 104 Å². The zero-order chi connectivity index (χ0) is 15.6. The molecule has 114 valence electrons. The molecule has 0 radical (unpaired) electrons. The van der Waals surface area contributed by atoms with Crippen LogP contribution in [0.3, 0.4) is 0 Å². The Labute approximate surface area is 124 Å². The lowest BCUT2D eigenvalue weighted by atomic mass is 10.3. The van der Waals surface area contributed by atoms with Gasteiger partial charge in [0.1, 0.15) is 10.7 Å². The summed E-state index contributed by atoms with van der Waals surface area (Å²) < 4.78 is 37.1. The van der Waals surface area contributed by atoms with E-state index in [0.717, 1.165) is 25.0 Å². The summed E-state index contributed by atoms with van der Waals surface area (Å²) in [6.45, 7) is 0. The predicted molar refractivity (Wildman–Crippen MR) is 71.0 cm³/mol. The Morgan fingerprint density at radius 2 is 1.90 bits per heavy atom. The number of benzene rings is 1. The number of hydrazine groups is 1. The maximum atomic E-state index is 13.5. The smallest absolute Gasteiger partial charge is 0.324 e. The van der Waals surface area contributed by atoms with E-state index in [1.54, 1.807) is 10.3 Å². The minimum atomic E-state index is -4.34. The second kappa shape index (κ2) is 5.96. The Balaban J connectivity index is 2.00. The van der Waals surface area contributed by atoms with Crippen molar-refractivity contribution in [3.63, 3.8) is 0 Å². The van der Waals surface area contributed by atoms with Crippen LogP contribution < -0.4 is 15.6 Å². The van der Waals surface area contributed by atoms with Crippen molar-refractivity contribution >= 4 is 33.4 Å². The van der Waals surface area contributed by atoms with Crippen LogP contribution in [-0.4, -0.2) is 26.3 Å². The van der Waals surface area contributed by atoms with E-state index in [4.69, 9.17) is 11.6 Å². The summed E-state index contributed by atoms with van der Waals surface area (Å²) in [4.78, 5) is 23.6. The molecule has 0 aromatic heterocycles. The number of carbonyl (C=O) groups is 2. The van der Waals surface area contributed by atoms with E-state index in [-0.39, 0.29) is 11.1 Å². The summed E-state index contributed by atoms with van der Waals surface area (Å²) in [5.74, 6) is -3.22. The molecule has 10 heteroatoms. The molecule has 1 aromatic carbocycles. The first-order valence-corrected chi connectivity index (χ1v) is 7.73. The van der Waals surface area contributed by atoms with Gasteiger partial charge in [0, 0.05) is 11.1 Å². The highest BCUT2D eigenvalue weighted by molar-refractivity contribution is 7.89. The number of hydrogen-bond donors (Lipinski definition) is 3. The fourth-order valence-corrected chi connectivity index (χ4v) is 2.46. The molecule has 1 aliphatic carbocycles. The van der Waals surface area contributed by atoms with Gasteiger partial charge in [0.2, 0.25) is 0 Å². The van der Waals surface area contributed by atoms with E-state index >= 15 is 0 Å². The highest BCUT2D eigenvalue weighted by Crippen LogP contribution is 2.19. The standard InChI is InChI=1S/C11H11ClFN3O4S/c12-6-1-4-9(8(13)5-6)21(19,20)16-15-11(18)10(17)14-7-2-3-7/h1,4-5,7,16H,2-3H2,(H,14,17)(H,15,18). The monoisotopic (exact) mass is 335 g/mol. The molecule has 2 amide bonds. The van der Waals surface area contributed by atoms with Crippen LogP contribution in [0.2, 0.25) is 5.02 Å². The first-order chi connectivity index (χ1) is 9.79. The molecule has 0 unspecified atom stereocenters. The van der Waals surface area contributed by atoms with E-state index < -0.39 is 32.6 Å². The van der Waals surface area contributed by atoms with E-state index in [1.807, 2.05) is 0 Å². The molecule has 3 N–H and O–H groups in total. The Morgan fingerprint density at radius 1 is 1.24 bits per heavy atom. The van der Waals surface area contributed by atoms with Gasteiger partial charge in [0.25, 0.3) is 10.0 Å². The highest BCUT2D eigenvalue weighted by atomic mass is 35.5. The molecule has 21 heavy (non-hydrogen) atoms. The van der Waals surface area contributed by atoms with Gasteiger partial charge in [-0.05, 0) is 31.0 Å². The third kappa shape index (κ3) is 4.13. The minimum Gasteiger partial charge on any atom is -0.345 e. The lowest BCUT2D eigenvalue weighted by molar-refractivity contribution is -0.139. The van der Waals surface area contributed by atoms with Gasteiger partial charge in [-0.3, -0.25) is 15.0 Å². The van der Waals surface area contributed by atoms with E-state index in [1.165, 1.54) is 6.07 Å². The Bertz CT molecular complexity index is 691. The SMILES string of the molecule is O=C(NNS(=O)(=O)c1ccc(Cl)cc1F)C(=O)NC1CC1. The van der Waals surface area contributed by atoms with Crippen molar-refractivity contribution < 1.29 is 22.4 Å². The first-order valence-electron chi connectivity index (χ1n) is 5.87. The number of carbonyl (C=O) groups excluding carboxylic acids is 2. The fourth-order valence-electron chi connectivity index (χ4n) is 1.40. The first kappa shape index (κ1) is 15.7.